The Hall–Kier alpha value is -4.48. The Morgan fingerprint density at radius 1 is 0.696 bits per heavy atom. The number of carbonyl (C=O) groups is 1. The summed E-state index contributed by atoms with van der Waals surface area (Å²) in [4.78, 5) is 16.8. The smallest absolute Gasteiger partial charge is 0.319 e. The van der Waals surface area contributed by atoms with Gasteiger partial charge in [-0.3, -0.25) is 4.79 Å². The zero-order chi connectivity index (χ0) is 41.0. The number of aromatic nitrogens is 1. The van der Waals surface area contributed by atoms with Crippen LogP contribution in [0.25, 0.3) is 10.9 Å². The molecule has 300 valence electrons. The number of benzene rings is 4. The molecule has 0 aliphatic carbocycles. The molecule has 5 aromatic rings. The van der Waals surface area contributed by atoms with Crippen molar-refractivity contribution in [3.63, 3.8) is 0 Å². The van der Waals surface area contributed by atoms with E-state index in [1.165, 1.54) is 10.4 Å². The number of rotatable bonds is 16. The molecule has 0 N–H and O–H groups in total. The van der Waals surface area contributed by atoms with E-state index in [1.54, 1.807) is 14.2 Å². The molecule has 1 amide bonds. The second-order valence-electron chi connectivity index (χ2n) is 16.8. The lowest BCUT2D eigenvalue weighted by Gasteiger charge is -2.43. The number of fused-ring (bicyclic) bond motifs is 1. The van der Waals surface area contributed by atoms with Gasteiger partial charge in [0.05, 0.1) is 26.3 Å². The largest absolute Gasteiger partial charge is 0.534 e. The number of hydrogen-bond acceptors (Lipinski definition) is 5. The third-order valence-corrected chi connectivity index (χ3v) is 22.7. The molecule has 0 saturated heterocycles. The van der Waals surface area contributed by atoms with Gasteiger partial charge in [-0.15, -0.1) is 0 Å². The molecular weight excluding hydrogens is 729 g/mol. The first-order valence-electron chi connectivity index (χ1n) is 20.3. The van der Waals surface area contributed by atoms with Crippen molar-refractivity contribution in [3.8, 4) is 23.1 Å². The fraction of sp³-hybridized carbons (Fsp3) is 0.426. The third kappa shape index (κ3) is 7.77. The van der Waals surface area contributed by atoms with Crippen LogP contribution in [0, 0.1) is 0 Å². The highest BCUT2D eigenvalue weighted by molar-refractivity contribution is 7.00. The second-order valence-corrected chi connectivity index (χ2v) is 26.4. The number of nitrogens with zero attached hydrogens (tertiary/aromatic N) is 2. The van der Waals surface area contributed by atoms with Crippen LogP contribution >= 0.6 is 0 Å². The normalized spacial score (nSPS) is 12.4. The average molecular weight is 793 g/mol. The molecule has 0 spiro atoms. The van der Waals surface area contributed by atoms with Crippen LogP contribution in [0.4, 0.5) is 0 Å². The van der Waals surface area contributed by atoms with Gasteiger partial charge in [0.15, 0.2) is 5.88 Å². The quantitative estimate of drug-likeness (QED) is 0.0932. The van der Waals surface area contributed by atoms with Gasteiger partial charge < -0.3 is 27.8 Å². The number of ether oxygens (including phenoxy) is 2. The van der Waals surface area contributed by atoms with Gasteiger partial charge in [0.1, 0.15) is 22.8 Å². The van der Waals surface area contributed by atoms with Gasteiger partial charge in [0.25, 0.3) is 14.2 Å². The molecule has 7 nitrogen and oxygen atoms in total. The van der Waals surface area contributed by atoms with Crippen molar-refractivity contribution in [2.75, 3.05) is 27.3 Å². The van der Waals surface area contributed by atoms with Gasteiger partial charge in [0.2, 0.25) is 0 Å². The molecule has 0 fully saturated rings. The SMILES string of the molecule is CCN(CC)C(=O)c1c(O[Si](C(C)C)(C(C)C)C(C)C)n(Cc2ccc(OC)cc2OC)c2cc(O[Si](c3ccccc3)(c3ccccc3)C(C)(C)C)ccc12. The van der Waals surface area contributed by atoms with Gasteiger partial charge in [-0.1, -0.05) is 123 Å². The molecule has 5 rings (SSSR count). The van der Waals surface area contributed by atoms with E-state index in [2.05, 4.69) is 146 Å². The van der Waals surface area contributed by atoms with Crippen molar-refractivity contribution in [3.05, 3.63) is 108 Å². The lowest BCUT2D eigenvalue weighted by Crippen LogP contribution is -2.68. The van der Waals surface area contributed by atoms with Gasteiger partial charge in [0, 0.05) is 36.2 Å². The lowest BCUT2D eigenvalue weighted by atomic mass is 10.1. The van der Waals surface area contributed by atoms with Crippen molar-refractivity contribution in [1.82, 2.24) is 9.47 Å². The minimum Gasteiger partial charge on any atom is -0.534 e. The van der Waals surface area contributed by atoms with Gasteiger partial charge >= 0.3 is 8.32 Å². The monoisotopic (exact) mass is 792 g/mol. The summed E-state index contributed by atoms with van der Waals surface area (Å²) in [5.41, 5.74) is 3.29. The first kappa shape index (κ1) is 42.7. The topological polar surface area (TPSA) is 62.2 Å². The minimum atomic E-state index is -2.98. The molecule has 1 heterocycles. The summed E-state index contributed by atoms with van der Waals surface area (Å²) in [6.45, 7) is 26.2. The van der Waals surface area contributed by atoms with Crippen LogP contribution in [0.1, 0.15) is 92.1 Å². The van der Waals surface area contributed by atoms with E-state index in [0.29, 0.717) is 42.6 Å². The minimum absolute atomic E-state index is 0.0322. The van der Waals surface area contributed by atoms with Crippen LogP contribution in [0.2, 0.25) is 21.7 Å². The molecule has 56 heavy (non-hydrogen) atoms. The van der Waals surface area contributed by atoms with Crippen molar-refractivity contribution in [1.29, 1.82) is 0 Å². The summed E-state index contributed by atoms with van der Waals surface area (Å²) < 4.78 is 29.0. The van der Waals surface area contributed by atoms with Crippen LogP contribution in [-0.4, -0.2) is 59.3 Å². The number of methoxy groups -OCH3 is 2. The number of amides is 1. The molecule has 4 aromatic carbocycles. The Morgan fingerprint density at radius 3 is 1.70 bits per heavy atom. The molecule has 0 saturated carbocycles. The standard InChI is InChI=1S/C47H64N2O5Si2/c1-14-48(15-2)45(50)44-41-29-28-38(53-56(47(9,10)11,39-22-18-16-19-23-39)40-24-20-17-21-25-40)30-42(41)49(32-36-26-27-37(51-12)31-43(36)52-13)46(44)54-55(33(3)4,34(5)6)35(7)8/h16-31,33-35H,14-15,32H2,1-13H3. The lowest BCUT2D eigenvalue weighted by molar-refractivity contribution is 0.0772. The van der Waals surface area contributed by atoms with Crippen molar-refractivity contribution >= 4 is 43.8 Å². The van der Waals surface area contributed by atoms with E-state index in [1.807, 2.05) is 36.9 Å². The number of carbonyl (C=O) groups excluding carboxylic acids is 1. The molecule has 0 atom stereocenters. The molecule has 9 heteroatoms. The number of hydrogen-bond donors (Lipinski definition) is 0. The van der Waals surface area contributed by atoms with E-state index in [0.717, 1.165) is 22.2 Å². The molecular formula is C47H64N2O5Si2. The third-order valence-electron chi connectivity index (χ3n) is 11.7. The second kappa shape index (κ2) is 17.3. The Bertz CT molecular complexity index is 2020. The first-order valence-corrected chi connectivity index (χ1v) is 24.3. The highest BCUT2D eigenvalue weighted by atomic mass is 28.4. The predicted octanol–water partition coefficient (Wildman–Crippen LogP) is 10.7. The van der Waals surface area contributed by atoms with Crippen molar-refractivity contribution in [2.45, 2.75) is 104 Å². The summed E-state index contributed by atoms with van der Waals surface area (Å²) in [5.74, 6) is 2.76. The molecule has 0 bridgehead atoms. The fourth-order valence-electron chi connectivity index (χ4n) is 9.01. The average Bonchev–Trinajstić information content (AvgIpc) is 3.47. The van der Waals surface area contributed by atoms with Crippen LogP contribution in [0.5, 0.6) is 23.1 Å². The Kier molecular flexibility index (Phi) is 13.2. The molecule has 0 unspecified atom stereocenters. The summed E-state index contributed by atoms with van der Waals surface area (Å²) in [6.07, 6.45) is 0. The maximum atomic E-state index is 14.9. The zero-order valence-corrected chi connectivity index (χ0v) is 38.0. The van der Waals surface area contributed by atoms with Gasteiger partial charge in [-0.05, 0) is 70.1 Å². The molecule has 0 aliphatic rings. The Balaban J connectivity index is 1.89. The Labute approximate surface area is 338 Å². The first-order chi connectivity index (χ1) is 26.6. The van der Waals surface area contributed by atoms with Crippen LogP contribution < -0.4 is 28.7 Å². The summed E-state index contributed by atoms with van der Waals surface area (Å²) in [5, 5.41) is 3.00. The highest BCUT2D eigenvalue weighted by Crippen LogP contribution is 2.47. The van der Waals surface area contributed by atoms with Crippen LogP contribution in [-0.2, 0) is 6.54 Å². The Morgan fingerprint density at radius 2 is 1.23 bits per heavy atom. The molecule has 1 aromatic heterocycles. The molecule has 0 aliphatic heterocycles. The van der Waals surface area contributed by atoms with Gasteiger partial charge in [-0.25, -0.2) is 0 Å². The highest BCUT2D eigenvalue weighted by Gasteiger charge is 2.52. The molecule has 0 radical (unpaired) electrons. The summed E-state index contributed by atoms with van der Waals surface area (Å²) in [7, 11) is -2.22. The van der Waals surface area contributed by atoms with E-state index < -0.39 is 16.6 Å². The fourth-order valence-corrected chi connectivity index (χ4v) is 18.7. The van der Waals surface area contributed by atoms with Gasteiger partial charge in [-0.2, -0.15) is 0 Å². The van der Waals surface area contributed by atoms with E-state index in [-0.39, 0.29) is 27.6 Å². The van der Waals surface area contributed by atoms with E-state index in [9.17, 15) is 4.79 Å². The maximum absolute atomic E-state index is 14.9. The van der Waals surface area contributed by atoms with Crippen molar-refractivity contribution < 1.29 is 23.1 Å². The summed E-state index contributed by atoms with van der Waals surface area (Å²) >= 11 is 0. The van der Waals surface area contributed by atoms with E-state index >= 15 is 0 Å². The predicted molar refractivity (Wildman–Crippen MR) is 238 cm³/mol. The van der Waals surface area contributed by atoms with Crippen molar-refractivity contribution in [2.24, 2.45) is 0 Å². The maximum Gasteiger partial charge on any atom is 0.319 e. The van der Waals surface area contributed by atoms with Crippen LogP contribution in [0.3, 0.4) is 0 Å². The van der Waals surface area contributed by atoms with Crippen LogP contribution in [0.15, 0.2) is 97.1 Å². The summed E-state index contributed by atoms with van der Waals surface area (Å²) in [6, 6.07) is 33.6. The zero-order valence-electron chi connectivity index (χ0n) is 36.0. The van der Waals surface area contributed by atoms with E-state index in [4.69, 9.17) is 18.3 Å².